The van der Waals surface area contributed by atoms with Gasteiger partial charge in [-0.1, -0.05) is 30.3 Å². The first kappa shape index (κ1) is 24.7. The van der Waals surface area contributed by atoms with Crippen LogP contribution in [-0.4, -0.2) is 46.0 Å². The number of ether oxygens (including phenoxy) is 1. The highest BCUT2D eigenvalue weighted by Crippen LogP contribution is 2.58. The monoisotopic (exact) mass is 577 g/mol. The average molecular weight is 578 g/mol. The molecule has 7 nitrogen and oxygen atoms in total. The molecule has 1 fully saturated rings. The van der Waals surface area contributed by atoms with Crippen LogP contribution in [0.15, 0.2) is 58.8 Å². The minimum atomic E-state index is -3.43. The summed E-state index contributed by atoms with van der Waals surface area (Å²) in [4.78, 5) is 28.5. The maximum atomic E-state index is 15.7. The van der Waals surface area contributed by atoms with Crippen molar-refractivity contribution in [1.29, 1.82) is 0 Å². The smallest absolute Gasteiger partial charge is 0.280 e. The largest absolute Gasteiger partial charge is 0.502 e. The van der Waals surface area contributed by atoms with Crippen LogP contribution in [0.4, 0.5) is 13.2 Å². The van der Waals surface area contributed by atoms with E-state index >= 15 is 13.2 Å². The number of morpholine rings is 1. The Kier molecular flexibility index (Phi) is 4.96. The van der Waals surface area contributed by atoms with Gasteiger partial charge in [0.2, 0.25) is 5.43 Å². The van der Waals surface area contributed by atoms with E-state index in [0.29, 0.717) is 16.7 Å². The van der Waals surface area contributed by atoms with Crippen LogP contribution in [0, 0.1) is 5.82 Å². The van der Waals surface area contributed by atoms with Gasteiger partial charge in [0.15, 0.2) is 11.4 Å². The summed E-state index contributed by atoms with van der Waals surface area (Å²) >= 11 is 1.35. The molecule has 8 rings (SSSR count). The van der Waals surface area contributed by atoms with Gasteiger partial charge in [-0.2, -0.15) is 0 Å². The molecule has 2 aromatic carbocycles. The average Bonchev–Trinajstić information content (AvgIpc) is 3.30. The van der Waals surface area contributed by atoms with E-state index in [1.807, 2.05) is 31.2 Å². The van der Waals surface area contributed by atoms with Crippen molar-refractivity contribution in [2.45, 2.75) is 37.6 Å². The highest BCUT2D eigenvalue weighted by Gasteiger charge is 2.51. The van der Waals surface area contributed by atoms with Gasteiger partial charge in [0.25, 0.3) is 11.8 Å². The number of halogens is 3. The number of hydrogen-bond donors (Lipinski definition) is 1. The number of fused-ring (bicyclic) bond motifs is 4. The number of benzene rings is 2. The van der Waals surface area contributed by atoms with Crippen molar-refractivity contribution in [3.63, 3.8) is 0 Å². The molecule has 41 heavy (non-hydrogen) atoms. The van der Waals surface area contributed by atoms with Crippen molar-refractivity contribution >= 4 is 17.2 Å². The molecule has 2 aliphatic heterocycles. The number of carbonyl (C=O) groups is 1. The van der Waals surface area contributed by atoms with E-state index in [9.17, 15) is 14.7 Å². The van der Waals surface area contributed by atoms with E-state index in [1.165, 1.54) is 28.3 Å². The van der Waals surface area contributed by atoms with Gasteiger partial charge in [-0.15, -0.1) is 11.3 Å². The molecule has 1 amide bonds. The normalized spacial score (nSPS) is 23.3. The fourth-order valence-electron chi connectivity index (χ4n) is 6.88. The second-order valence-electron chi connectivity index (χ2n) is 10.9. The molecule has 4 heterocycles. The molecule has 2 aromatic heterocycles. The van der Waals surface area contributed by atoms with Crippen molar-refractivity contribution < 1.29 is 27.8 Å². The van der Waals surface area contributed by atoms with Gasteiger partial charge in [-0.05, 0) is 40.6 Å². The van der Waals surface area contributed by atoms with E-state index in [-0.39, 0.29) is 30.5 Å². The van der Waals surface area contributed by atoms with Crippen molar-refractivity contribution in [3.8, 4) is 27.3 Å². The minimum Gasteiger partial charge on any atom is -0.502 e. The van der Waals surface area contributed by atoms with E-state index in [1.54, 1.807) is 15.3 Å². The first-order valence-electron chi connectivity index (χ1n) is 13.2. The maximum absolute atomic E-state index is 15.7. The van der Waals surface area contributed by atoms with Crippen LogP contribution >= 0.6 is 11.3 Å². The molecule has 0 saturated carbocycles. The Morgan fingerprint density at radius 2 is 1.88 bits per heavy atom. The molecule has 208 valence electrons. The SMILES string of the molecule is CC1CN2C(=O)c3c(O)c(=O)ccn3N(C3c4ccccc4-c4scc5c4-c4c3ccc(F)c4C(F)(F)C5)C2CO1. The van der Waals surface area contributed by atoms with E-state index in [2.05, 4.69) is 0 Å². The summed E-state index contributed by atoms with van der Waals surface area (Å²) in [6.07, 6.45) is -0.220. The number of nitrogens with zero attached hydrogens (tertiary/aromatic N) is 3. The second-order valence-corrected chi connectivity index (χ2v) is 11.8. The molecule has 11 heteroatoms. The standard InChI is InChI=1S/C30H22F3N3O4S/c1-14-11-34-21(12-40-14)36(35-9-8-20(37)27(38)26(35)29(34)39)25-16-4-2-3-5-17(16)28-22-15(13-41-28)10-30(32,33)24-19(31)7-6-18(25)23(22)24/h2-9,13-14,21,25,38H,10-12H2,1H3. The van der Waals surface area contributed by atoms with Crippen molar-refractivity contribution in [2.24, 2.45) is 0 Å². The van der Waals surface area contributed by atoms with Gasteiger partial charge in [0, 0.05) is 41.2 Å². The predicted octanol–water partition coefficient (Wildman–Crippen LogP) is 4.98. The lowest BCUT2D eigenvalue weighted by atomic mass is 9.80. The number of aromatic nitrogens is 1. The second kappa shape index (κ2) is 8.23. The van der Waals surface area contributed by atoms with Crippen molar-refractivity contribution in [2.75, 3.05) is 18.2 Å². The summed E-state index contributed by atoms with van der Waals surface area (Å²) in [6.45, 7) is 2.10. The topological polar surface area (TPSA) is 75.0 Å². The van der Waals surface area contributed by atoms with E-state index < -0.39 is 53.0 Å². The van der Waals surface area contributed by atoms with Crippen LogP contribution in [0.25, 0.3) is 21.6 Å². The summed E-state index contributed by atoms with van der Waals surface area (Å²) in [5, 5.41) is 14.4. The molecular weight excluding hydrogens is 555 g/mol. The highest BCUT2D eigenvalue weighted by atomic mass is 32.1. The van der Waals surface area contributed by atoms with Gasteiger partial charge in [0.05, 0.1) is 24.3 Å². The first-order chi connectivity index (χ1) is 19.7. The minimum absolute atomic E-state index is 0.0878. The number of carbonyl (C=O) groups excluding carboxylic acids is 1. The zero-order chi connectivity index (χ0) is 28.4. The van der Waals surface area contributed by atoms with E-state index in [4.69, 9.17) is 4.74 Å². The van der Waals surface area contributed by atoms with Crippen LogP contribution in [0.2, 0.25) is 0 Å². The molecule has 0 spiro atoms. The lowest BCUT2D eigenvalue weighted by Gasteiger charge is -2.52. The zero-order valence-corrected chi connectivity index (χ0v) is 22.4. The third-order valence-corrected chi connectivity index (χ3v) is 9.62. The van der Waals surface area contributed by atoms with Crippen molar-refractivity contribution in [1.82, 2.24) is 9.58 Å². The maximum Gasteiger partial charge on any atom is 0.280 e. The zero-order valence-electron chi connectivity index (χ0n) is 21.6. The van der Waals surface area contributed by atoms with Crippen LogP contribution in [0.5, 0.6) is 5.75 Å². The highest BCUT2D eigenvalue weighted by molar-refractivity contribution is 7.14. The molecule has 1 N–H and O–H groups in total. The van der Waals surface area contributed by atoms with Crippen molar-refractivity contribution in [3.05, 3.63) is 98.0 Å². The Labute approximate surface area is 235 Å². The molecule has 3 atom stereocenters. The van der Waals surface area contributed by atoms with Crippen LogP contribution in [0.3, 0.4) is 0 Å². The van der Waals surface area contributed by atoms with Gasteiger partial charge in [-0.3, -0.25) is 19.3 Å². The number of amides is 1. The Hall–Kier alpha value is -4.09. The molecule has 0 bridgehead atoms. The first-order valence-corrected chi connectivity index (χ1v) is 14.1. The molecule has 3 unspecified atom stereocenters. The summed E-state index contributed by atoms with van der Waals surface area (Å²) in [7, 11) is 0. The number of pyridine rings is 1. The van der Waals surface area contributed by atoms with Gasteiger partial charge >= 0.3 is 0 Å². The number of alkyl halides is 2. The Bertz CT molecular complexity index is 1870. The van der Waals surface area contributed by atoms with Crippen LogP contribution in [-0.2, 0) is 17.1 Å². The molecular formula is C30H22F3N3O4S. The Balaban J connectivity index is 1.50. The number of thiophene rings is 1. The Morgan fingerprint density at radius 1 is 1.07 bits per heavy atom. The fraction of sp³-hybridized carbons (Fsp3) is 0.267. The Morgan fingerprint density at radius 3 is 2.71 bits per heavy atom. The summed E-state index contributed by atoms with van der Waals surface area (Å²) < 4.78 is 54.2. The molecule has 2 aliphatic carbocycles. The summed E-state index contributed by atoms with van der Waals surface area (Å²) in [5.41, 5.74) is 1.62. The summed E-state index contributed by atoms with van der Waals surface area (Å²) in [6, 6.07) is 10.5. The van der Waals surface area contributed by atoms with Crippen LogP contribution in [0.1, 0.15) is 45.7 Å². The lowest BCUT2D eigenvalue weighted by Crippen LogP contribution is -2.67. The van der Waals surface area contributed by atoms with Crippen LogP contribution < -0.4 is 10.4 Å². The van der Waals surface area contributed by atoms with Gasteiger partial charge in [-0.25, -0.2) is 13.2 Å². The third kappa shape index (κ3) is 3.18. The third-order valence-electron chi connectivity index (χ3n) is 8.56. The molecule has 0 radical (unpaired) electrons. The quantitative estimate of drug-likeness (QED) is 0.346. The number of hydrogen-bond acceptors (Lipinski definition) is 6. The predicted molar refractivity (Wildman–Crippen MR) is 145 cm³/mol. The number of rotatable bonds is 1. The molecule has 4 aromatic rings. The van der Waals surface area contributed by atoms with Gasteiger partial charge < -0.3 is 14.7 Å². The fourth-order valence-corrected chi connectivity index (χ4v) is 8.01. The molecule has 4 aliphatic rings. The summed E-state index contributed by atoms with van der Waals surface area (Å²) in [5.74, 6) is -5.65. The number of aromatic hydroxyl groups is 1. The molecule has 1 saturated heterocycles. The van der Waals surface area contributed by atoms with Gasteiger partial charge in [0.1, 0.15) is 12.0 Å². The lowest BCUT2D eigenvalue weighted by molar-refractivity contribution is -0.0575. The van der Waals surface area contributed by atoms with E-state index in [0.717, 1.165) is 28.1 Å².